The van der Waals surface area contributed by atoms with E-state index in [1.54, 1.807) is 35.4 Å². The molecule has 1 aromatic carbocycles. The molecule has 0 fully saturated rings. The molecule has 2 heterocycles. The van der Waals surface area contributed by atoms with Crippen molar-refractivity contribution in [3.63, 3.8) is 0 Å². The van der Waals surface area contributed by atoms with E-state index in [0.717, 1.165) is 5.69 Å². The van der Waals surface area contributed by atoms with Crippen LogP contribution in [0.3, 0.4) is 0 Å². The number of methoxy groups -OCH3 is 1. The number of hydrogen-bond donors (Lipinski definition) is 2. The van der Waals surface area contributed by atoms with Gasteiger partial charge in [0.05, 0.1) is 19.0 Å². The molecule has 2 N–H and O–H groups in total. The number of hydrogen-bond acceptors (Lipinski definition) is 6. The number of ether oxygens (including phenoxy) is 1. The van der Waals surface area contributed by atoms with Gasteiger partial charge in [0.15, 0.2) is 11.6 Å². The third-order valence-electron chi connectivity index (χ3n) is 3.43. The van der Waals surface area contributed by atoms with Gasteiger partial charge in [0.1, 0.15) is 5.82 Å². The van der Waals surface area contributed by atoms with Gasteiger partial charge in [-0.05, 0) is 18.2 Å². The molecule has 0 atom stereocenters. The second-order valence-electron chi connectivity index (χ2n) is 5.19. The number of aryl methyl sites for hydroxylation is 1. The molecule has 0 spiro atoms. The number of rotatable bonds is 6. The molecule has 0 bridgehead atoms. The standard InChI is InChI=1S/C16H16ClFN6O/c1-24-9-10(7-21-24)22-16-19-6-5-14(23-16)20-8-11-12(17)3-4-13(25-2)15(11)18/h3-7,9H,8H2,1-2H3,(H2,19,20,22,23). The lowest BCUT2D eigenvalue weighted by atomic mass is 10.2. The lowest BCUT2D eigenvalue weighted by Crippen LogP contribution is -2.06. The third kappa shape index (κ3) is 3.97. The minimum absolute atomic E-state index is 0.142. The molecule has 0 saturated heterocycles. The topological polar surface area (TPSA) is 76.9 Å². The SMILES string of the molecule is COc1ccc(Cl)c(CNc2ccnc(Nc3cnn(C)c3)n2)c1F. The largest absolute Gasteiger partial charge is 0.494 e. The number of halogens is 2. The zero-order chi connectivity index (χ0) is 17.8. The van der Waals surface area contributed by atoms with Crippen LogP contribution in [0.1, 0.15) is 5.56 Å². The molecule has 2 aromatic heterocycles. The summed E-state index contributed by atoms with van der Waals surface area (Å²) in [6.45, 7) is 0.158. The Bertz CT molecular complexity index is 885. The first-order valence-corrected chi connectivity index (χ1v) is 7.78. The molecule has 0 unspecified atom stereocenters. The molecule has 130 valence electrons. The summed E-state index contributed by atoms with van der Waals surface area (Å²) in [6.07, 6.45) is 5.06. The fourth-order valence-electron chi connectivity index (χ4n) is 2.21. The molecule has 3 aromatic rings. The Morgan fingerprint density at radius 2 is 2.16 bits per heavy atom. The summed E-state index contributed by atoms with van der Waals surface area (Å²) < 4.78 is 20.9. The van der Waals surface area contributed by atoms with Crippen molar-refractivity contribution in [2.45, 2.75) is 6.54 Å². The van der Waals surface area contributed by atoms with Crippen molar-refractivity contribution < 1.29 is 9.13 Å². The van der Waals surface area contributed by atoms with E-state index in [0.29, 0.717) is 22.4 Å². The van der Waals surface area contributed by atoms with Crippen molar-refractivity contribution >= 4 is 29.1 Å². The zero-order valence-corrected chi connectivity index (χ0v) is 14.4. The molecule has 25 heavy (non-hydrogen) atoms. The van der Waals surface area contributed by atoms with Crippen molar-refractivity contribution in [3.8, 4) is 5.75 Å². The van der Waals surface area contributed by atoms with Crippen LogP contribution < -0.4 is 15.4 Å². The van der Waals surface area contributed by atoms with E-state index in [4.69, 9.17) is 16.3 Å². The first-order valence-electron chi connectivity index (χ1n) is 7.40. The van der Waals surface area contributed by atoms with Crippen LogP contribution in [0.5, 0.6) is 5.75 Å². The summed E-state index contributed by atoms with van der Waals surface area (Å²) in [5.74, 6) is 0.572. The van der Waals surface area contributed by atoms with Gasteiger partial charge >= 0.3 is 0 Å². The lowest BCUT2D eigenvalue weighted by Gasteiger charge is -2.11. The minimum atomic E-state index is -0.495. The van der Waals surface area contributed by atoms with Gasteiger partial charge < -0.3 is 15.4 Å². The predicted molar refractivity (Wildman–Crippen MR) is 93.8 cm³/mol. The highest BCUT2D eigenvalue weighted by molar-refractivity contribution is 6.31. The molecule has 9 heteroatoms. The molecule has 0 amide bonds. The summed E-state index contributed by atoms with van der Waals surface area (Å²) in [5.41, 5.74) is 1.07. The first kappa shape index (κ1) is 17.0. The zero-order valence-electron chi connectivity index (χ0n) is 13.6. The van der Waals surface area contributed by atoms with Gasteiger partial charge in [-0.15, -0.1) is 0 Å². The van der Waals surface area contributed by atoms with Gasteiger partial charge in [0.25, 0.3) is 0 Å². The van der Waals surface area contributed by atoms with Crippen LogP contribution in [0.25, 0.3) is 0 Å². The minimum Gasteiger partial charge on any atom is -0.494 e. The molecule has 0 aliphatic heterocycles. The predicted octanol–water partition coefficient (Wildman–Crippen LogP) is 3.37. The van der Waals surface area contributed by atoms with Crippen LogP contribution in [0.4, 0.5) is 21.8 Å². The Morgan fingerprint density at radius 3 is 2.88 bits per heavy atom. The van der Waals surface area contributed by atoms with Crippen LogP contribution >= 0.6 is 11.6 Å². The van der Waals surface area contributed by atoms with Crippen LogP contribution in [0, 0.1) is 5.82 Å². The highest BCUT2D eigenvalue weighted by Gasteiger charge is 2.13. The Balaban J connectivity index is 1.73. The van der Waals surface area contributed by atoms with E-state index >= 15 is 0 Å². The lowest BCUT2D eigenvalue weighted by molar-refractivity contribution is 0.384. The number of benzene rings is 1. The average molecular weight is 363 g/mol. The highest BCUT2D eigenvalue weighted by Crippen LogP contribution is 2.27. The molecule has 0 saturated carbocycles. The summed E-state index contributed by atoms with van der Waals surface area (Å²) in [5, 5.41) is 10.4. The molecular formula is C16H16ClFN6O. The molecule has 0 aliphatic rings. The second-order valence-corrected chi connectivity index (χ2v) is 5.60. The van der Waals surface area contributed by atoms with Crippen molar-refractivity contribution in [2.75, 3.05) is 17.7 Å². The van der Waals surface area contributed by atoms with Crippen LogP contribution in [0.2, 0.25) is 5.02 Å². The summed E-state index contributed by atoms with van der Waals surface area (Å²) in [7, 11) is 3.22. The van der Waals surface area contributed by atoms with Gasteiger partial charge in [0, 0.05) is 36.6 Å². The van der Waals surface area contributed by atoms with E-state index in [2.05, 4.69) is 25.7 Å². The molecule has 0 radical (unpaired) electrons. The third-order valence-corrected chi connectivity index (χ3v) is 3.79. The maximum absolute atomic E-state index is 14.3. The monoisotopic (exact) mass is 362 g/mol. The normalized spacial score (nSPS) is 10.6. The van der Waals surface area contributed by atoms with E-state index in [9.17, 15) is 4.39 Å². The van der Waals surface area contributed by atoms with Crippen molar-refractivity contribution in [1.29, 1.82) is 0 Å². The molecule has 3 rings (SSSR count). The van der Waals surface area contributed by atoms with E-state index in [-0.39, 0.29) is 12.3 Å². The second kappa shape index (κ2) is 7.35. The Morgan fingerprint density at radius 1 is 1.32 bits per heavy atom. The number of anilines is 3. The van der Waals surface area contributed by atoms with Gasteiger partial charge in [-0.2, -0.15) is 10.1 Å². The number of aromatic nitrogens is 4. The van der Waals surface area contributed by atoms with Crippen LogP contribution in [-0.2, 0) is 13.6 Å². The van der Waals surface area contributed by atoms with E-state index in [1.165, 1.54) is 13.2 Å². The van der Waals surface area contributed by atoms with Crippen molar-refractivity contribution in [3.05, 3.63) is 53.2 Å². The van der Waals surface area contributed by atoms with E-state index < -0.39 is 5.82 Å². The molecular weight excluding hydrogens is 347 g/mol. The first-order chi connectivity index (χ1) is 12.1. The van der Waals surface area contributed by atoms with Gasteiger partial charge in [-0.25, -0.2) is 9.37 Å². The number of nitrogens with zero attached hydrogens (tertiary/aromatic N) is 4. The van der Waals surface area contributed by atoms with Crippen LogP contribution in [0.15, 0.2) is 36.8 Å². The Kier molecular flexibility index (Phi) is 4.99. The summed E-state index contributed by atoms with van der Waals surface area (Å²) in [4.78, 5) is 8.47. The Labute approximate surface area is 148 Å². The number of nitrogens with one attached hydrogen (secondary N) is 2. The smallest absolute Gasteiger partial charge is 0.229 e. The van der Waals surface area contributed by atoms with Crippen LogP contribution in [-0.4, -0.2) is 26.9 Å². The van der Waals surface area contributed by atoms with Gasteiger partial charge in [-0.1, -0.05) is 11.6 Å². The fourth-order valence-corrected chi connectivity index (χ4v) is 2.42. The maximum atomic E-state index is 14.3. The molecule has 0 aliphatic carbocycles. The fraction of sp³-hybridized carbons (Fsp3) is 0.188. The van der Waals surface area contributed by atoms with Crippen molar-refractivity contribution in [2.24, 2.45) is 7.05 Å². The quantitative estimate of drug-likeness (QED) is 0.700. The van der Waals surface area contributed by atoms with Crippen molar-refractivity contribution in [1.82, 2.24) is 19.7 Å². The highest BCUT2D eigenvalue weighted by atomic mass is 35.5. The van der Waals surface area contributed by atoms with Gasteiger partial charge in [-0.3, -0.25) is 4.68 Å². The molecule has 7 nitrogen and oxygen atoms in total. The van der Waals surface area contributed by atoms with E-state index in [1.807, 2.05) is 7.05 Å². The average Bonchev–Trinajstić information content (AvgIpc) is 3.00. The Hall–Kier alpha value is -2.87. The summed E-state index contributed by atoms with van der Waals surface area (Å²) in [6, 6.07) is 4.76. The maximum Gasteiger partial charge on any atom is 0.229 e. The summed E-state index contributed by atoms with van der Waals surface area (Å²) >= 11 is 6.08. The van der Waals surface area contributed by atoms with Gasteiger partial charge in [0.2, 0.25) is 5.95 Å².